The van der Waals surface area contributed by atoms with Gasteiger partial charge in [0.25, 0.3) is 21.8 Å². The molecule has 4 heterocycles. The number of nitrogens with two attached hydrogens (primary N) is 1. The second-order valence-corrected chi connectivity index (χ2v) is 26.3. The summed E-state index contributed by atoms with van der Waals surface area (Å²) in [5.41, 5.74) is 4.51. The second-order valence-electron chi connectivity index (χ2n) is 19.9. The van der Waals surface area contributed by atoms with Crippen LogP contribution in [0.5, 0.6) is 29.0 Å². The maximum Gasteiger partial charge on any atom is 0.416 e. The van der Waals surface area contributed by atoms with Crippen molar-refractivity contribution in [3.8, 4) is 29.0 Å². The number of fused-ring (bicyclic) bond motifs is 1. The zero-order valence-electron chi connectivity index (χ0n) is 52.4. The molecule has 0 saturated carbocycles. The first-order valence-corrected chi connectivity index (χ1v) is 33.3. The fourth-order valence-electron chi connectivity index (χ4n) is 7.01. The van der Waals surface area contributed by atoms with E-state index in [9.17, 15) is 54.9 Å². The van der Waals surface area contributed by atoms with Crippen molar-refractivity contribution < 1.29 is 93.7 Å². The number of methoxy groups -OCH3 is 2. The molecule has 4 amide bonds. The first-order valence-electron chi connectivity index (χ1n) is 27.5. The molecule has 0 spiro atoms. The number of aliphatic carboxylic acids is 2. The Morgan fingerprint density at radius 1 is 0.844 bits per heavy atom. The molecule has 0 bridgehead atoms. The summed E-state index contributed by atoms with van der Waals surface area (Å²) in [6.45, 7) is 11.4. The minimum Gasteiger partial charge on any atom is -0.489 e. The van der Waals surface area contributed by atoms with Crippen molar-refractivity contribution in [2.45, 2.75) is 81.3 Å². The normalized spacial score (nSPS) is 13.5. The number of anilines is 4. The van der Waals surface area contributed by atoms with Crippen molar-refractivity contribution in [3.63, 3.8) is 0 Å². The van der Waals surface area contributed by atoms with E-state index in [1.165, 1.54) is 76.4 Å². The van der Waals surface area contributed by atoms with Gasteiger partial charge in [0.2, 0.25) is 34.9 Å². The monoisotopic (exact) mass is 1490 g/mol. The van der Waals surface area contributed by atoms with Crippen LogP contribution in [-0.2, 0) is 39.9 Å². The molecule has 0 fully saturated rings. The van der Waals surface area contributed by atoms with Crippen LogP contribution in [-0.4, -0.2) is 177 Å². The molecule has 1 aliphatic rings. The number of alkyl halides is 5. The Hall–Kier alpha value is -8.34. The minimum absolute atomic E-state index is 0.0246. The van der Waals surface area contributed by atoms with E-state index in [-0.39, 0.29) is 86.2 Å². The number of sulfonamides is 1. The van der Waals surface area contributed by atoms with Gasteiger partial charge in [-0.05, 0) is 113 Å². The lowest BCUT2D eigenvalue weighted by Gasteiger charge is -2.35. The SMILES string of the molecule is CC1COc2ccccc2N1C(=O)C(Cl)Cl.CCNc1nc(Cl)nc(NC(C)C)n1.COc1cc(OC)nc(NC(=O)NS(=O)(=O)c2ncccc2C(=O)N(C)C)n1.CP(=O)(O)CCC(N)C(=O)O.C[C@H](OC(=O)c1cc(Oc2ccc(C(F)(F)F)cc2Cl)ccc1Cl)C(=O)O. The van der Waals surface area contributed by atoms with Crippen LogP contribution in [0.4, 0.5) is 41.5 Å². The lowest BCUT2D eigenvalue weighted by atomic mass is 10.1. The van der Waals surface area contributed by atoms with E-state index >= 15 is 0 Å². The van der Waals surface area contributed by atoms with Crippen LogP contribution in [0.2, 0.25) is 15.3 Å². The van der Waals surface area contributed by atoms with Crippen LogP contribution in [0.15, 0.2) is 90.1 Å². The zero-order valence-corrected chi connectivity index (χ0v) is 57.9. The first-order chi connectivity index (χ1) is 44.7. The fourth-order valence-corrected chi connectivity index (χ4v) is 9.59. The van der Waals surface area contributed by atoms with E-state index in [1.807, 2.05) is 52.0 Å². The predicted molar refractivity (Wildman–Crippen MR) is 350 cm³/mol. The number of amides is 4. The van der Waals surface area contributed by atoms with E-state index in [0.717, 1.165) is 37.4 Å². The molecular weight excluding hydrogens is 1420 g/mol. The number of benzene rings is 3. The molecule has 1 aliphatic heterocycles. The van der Waals surface area contributed by atoms with Crippen molar-refractivity contribution in [2.75, 3.05) is 75.1 Å². The lowest BCUT2D eigenvalue weighted by Crippen LogP contribution is -2.47. The van der Waals surface area contributed by atoms with Gasteiger partial charge in [0, 0.05) is 45.7 Å². The molecule has 9 N–H and O–H groups in total. The van der Waals surface area contributed by atoms with Gasteiger partial charge in [0.05, 0.1) is 58.8 Å². The smallest absolute Gasteiger partial charge is 0.416 e. The van der Waals surface area contributed by atoms with Crippen LogP contribution in [0.25, 0.3) is 0 Å². The summed E-state index contributed by atoms with van der Waals surface area (Å²) < 4.78 is 101. The van der Waals surface area contributed by atoms with Crippen LogP contribution in [0.3, 0.4) is 0 Å². The molecule has 7 rings (SSSR count). The van der Waals surface area contributed by atoms with Crippen molar-refractivity contribution in [1.82, 2.24) is 39.5 Å². The standard InChI is InChI=1S/C17H11Cl2F3O5.C15H18N6O6S.C11H11Cl2NO2.C8H14ClN5.C5H12NO4P/c1-8(15(23)24)26-16(25)11-7-10(3-4-12(11)18)27-14-5-2-9(6-13(14)19)17(20,21)22;1-21(2)13(22)9-6-5-7-16-12(9)28(24,25)20-15(23)19-14-17-10(26-3)8-11(18-14)27-4;1-7-6-16-9-5-3-2-4-8(9)14(7)11(15)10(12)13;1-4-10-7-12-6(9)13-8(14-7)11-5(2)3;1-11(9,10)3-2-4(6)5(7)8/h2-8H,1H3,(H,23,24);5-8H,1-4H3,(H2,17,18,19,20,23);2-5,7,10H,6H2,1H3;5H,4H2,1-3H3,(H2,10,11,12,13,14);4H,2-3,6H2,1H3,(H,7,8)(H,9,10)/t8-;;;;/m0..../s1. The summed E-state index contributed by atoms with van der Waals surface area (Å²) in [6, 6.07) is 15.7. The number of hydrogen-bond acceptors (Lipinski definition) is 23. The van der Waals surface area contributed by atoms with Crippen molar-refractivity contribution in [3.05, 3.63) is 117 Å². The Bertz CT molecular complexity index is 3830. The molecule has 0 radical (unpaired) electrons. The summed E-state index contributed by atoms with van der Waals surface area (Å²) >= 11 is 28.7. The highest BCUT2D eigenvalue weighted by molar-refractivity contribution is 7.90. The third-order valence-corrected chi connectivity index (χ3v) is 15.0. The first kappa shape index (κ1) is 81.9. The number of rotatable bonds is 20. The van der Waals surface area contributed by atoms with E-state index in [4.69, 9.17) is 103 Å². The number of aromatic nitrogens is 6. The number of urea groups is 1. The Kier molecular flexibility index (Phi) is 32.3. The highest BCUT2D eigenvalue weighted by Crippen LogP contribution is 2.39. The third kappa shape index (κ3) is 27.0. The van der Waals surface area contributed by atoms with Crippen molar-refractivity contribution in [2.24, 2.45) is 5.73 Å². The number of nitrogens with one attached hydrogen (secondary N) is 4. The van der Waals surface area contributed by atoms with Gasteiger partial charge in [-0.2, -0.15) is 46.5 Å². The number of carboxylic acids is 2. The molecule has 96 heavy (non-hydrogen) atoms. The molecule has 30 nitrogen and oxygen atoms in total. The number of halogens is 8. The fraction of sp³-hybridized carbons (Fsp3) is 0.357. The molecule has 3 unspecified atom stereocenters. The van der Waals surface area contributed by atoms with Gasteiger partial charge in [0.15, 0.2) is 23.3 Å². The predicted octanol–water partition coefficient (Wildman–Crippen LogP) is 9.61. The summed E-state index contributed by atoms with van der Waals surface area (Å²) in [4.78, 5) is 103. The van der Waals surface area contributed by atoms with Crippen molar-refractivity contribution in [1.29, 1.82) is 0 Å². The summed E-state index contributed by atoms with van der Waals surface area (Å²) in [7, 11) is -1.95. The minimum atomic E-state index is -4.56. The Morgan fingerprint density at radius 2 is 1.47 bits per heavy atom. The topological polar surface area (TPSA) is 418 Å². The number of nitrogens with zero attached hydrogens (tertiary/aromatic N) is 8. The summed E-state index contributed by atoms with van der Waals surface area (Å²) in [5.74, 6) is -2.82. The van der Waals surface area contributed by atoms with Gasteiger partial charge < -0.3 is 65.0 Å². The second kappa shape index (κ2) is 37.8. The average Bonchev–Trinajstić information content (AvgIpc) is 0.813. The lowest BCUT2D eigenvalue weighted by molar-refractivity contribution is -0.146. The number of para-hydroxylation sites is 2. The zero-order chi connectivity index (χ0) is 72.6. The van der Waals surface area contributed by atoms with Crippen LogP contribution in [0, 0.1) is 0 Å². The third-order valence-electron chi connectivity index (χ3n) is 11.5. The van der Waals surface area contributed by atoms with Crippen LogP contribution < -0.4 is 50.3 Å². The molecular formula is C56H66Cl5F3N13O17PS. The maximum atomic E-state index is 12.7. The summed E-state index contributed by atoms with van der Waals surface area (Å²) in [5, 5.41) is 24.5. The molecule has 0 aliphatic carbocycles. The average molecular weight is 1490 g/mol. The molecule has 3 aromatic carbocycles. The number of carbonyl (C=O) groups is 6. The number of ether oxygens (including phenoxy) is 5. The Labute approximate surface area is 573 Å². The summed E-state index contributed by atoms with van der Waals surface area (Å²) in [6.07, 6.45) is -4.77. The quantitative estimate of drug-likeness (QED) is 0.0200. The number of esters is 1. The van der Waals surface area contributed by atoms with Crippen molar-refractivity contribution >= 4 is 135 Å². The Balaban J connectivity index is 0.000000327. The number of pyridine rings is 1. The van der Waals surface area contributed by atoms with Gasteiger partial charge in [0.1, 0.15) is 29.9 Å². The van der Waals surface area contributed by atoms with Gasteiger partial charge in [-0.3, -0.25) is 24.3 Å². The van der Waals surface area contributed by atoms with E-state index in [2.05, 4.69) is 45.9 Å². The van der Waals surface area contributed by atoms with E-state index in [0.29, 0.717) is 30.3 Å². The molecule has 40 heteroatoms. The molecule has 3 aromatic heterocycles. The van der Waals surface area contributed by atoms with Gasteiger partial charge in [-0.1, -0.05) is 58.5 Å². The number of hydrogen-bond donors (Lipinski definition) is 8. The highest BCUT2D eigenvalue weighted by Gasteiger charge is 2.34. The van der Waals surface area contributed by atoms with Crippen LogP contribution in [0.1, 0.15) is 67.3 Å². The number of carbonyl (C=O) groups excluding carboxylic acids is 4. The Morgan fingerprint density at radius 3 is 2.01 bits per heavy atom. The van der Waals surface area contributed by atoms with Crippen LogP contribution >= 0.6 is 65.4 Å². The molecule has 4 atom stereocenters. The number of carboxylic acid groups (broad SMARTS) is 2. The largest absolute Gasteiger partial charge is 0.489 e. The molecule has 524 valence electrons. The van der Waals surface area contributed by atoms with Gasteiger partial charge in [-0.15, -0.1) is 0 Å². The van der Waals surface area contributed by atoms with Gasteiger partial charge in [-0.25, -0.2) is 24.1 Å². The molecule has 0 saturated heterocycles. The molecule has 6 aromatic rings. The van der Waals surface area contributed by atoms with E-state index < -0.39 is 81.0 Å². The van der Waals surface area contributed by atoms with Gasteiger partial charge >= 0.3 is 30.1 Å². The maximum absolute atomic E-state index is 12.7. The van der Waals surface area contributed by atoms with E-state index in [1.54, 1.807) is 9.62 Å². The highest BCUT2D eigenvalue weighted by atomic mass is 35.5.